The Labute approximate surface area is 139 Å². The molecule has 2 atom stereocenters. The van der Waals surface area contributed by atoms with E-state index in [1.54, 1.807) is 13.0 Å². The number of carboxylic acids is 1. The molecule has 1 heterocycles. The largest absolute Gasteiger partial charge is 0.480 e. The first-order chi connectivity index (χ1) is 11.4. The zero-order valence-electron chi connectivity index (χ0n) is 13.6. The van der Waals surface area contributed by atoms with Crippen LogP contribution in [0, 0.1) is 5.92 Å². The average molecular weight is 331 g/mol. The van der Waals surface area contributed by atoms with Crippen LogP contribution in [0.25, 0.3) is 10.9 Å². The third kappa shape index (κ3) is 4.13. The van der Waals surface area contributed by atoms with E-state index in [2.05, 4.69) is 15.6 Å². The fraction of sp³-hybridized carbons (Fsp3) is 0.353. The first-order valence-corrected chi connectivity index (χ1v) is 7.80. The second kappa shape index (κ2) is 7.63. The number of rotatable bonds is 7. The van der Waals surface area contributed by atoms with Crippen LogP contribution in [0.1, 0.15) is 30.8 Å². The van der Waals surface area contributed by atoms with Crippen molar-refractivity contribution < 1.29 is 19.5 Å². The van der Waals surface area contributed by atoms with E-state index in [0.717, 1.165) is 10.9 Å². The van der Waals surface area contributed by atoms with Crippen molar-refractivity contribution in [3.05, 3.63) is 36.0 Å². The van der Waals surface area contributed by atoms with Crippen LogP contribution in [0.3, 0.4) is 0 Å². The average Bonchev–Trinajstić information content (AvgIpc) is 3.00. The summed E-state index contributed by atoms with van der Waals surface area (Å²) in [5.74, 6) is -2.24. The zero-order valence-corrected chi connectivity index (χ0v) is 13.6. The lowest BCUT2D eigenvalue weighted by molar-refractivity contribution is -0.143. The molecule has 128 valence electrons. The van der Waals surface area contributed by atoms with E-state index in [1.165, 1.54) is 0 Å². The number of aromatic amines is 1. The quantitative estimate of drug-likeness (QED) is 0.616. The molecule has 7 heteroatoms. The summed E-state index contributed by atoms with van der Waals surface area (Å²) in [6.45, 7) is 3.32. The van der Waals surface area contributed by atoms with Crippen LogP contribution in [0.15, 0.2) is 30.3 Å². The number of aromatic nitrogens is 1. The van der Waals surface area contributed by atoms with Crippen molar-refractivity contribution in [2.45, 2.75) is 26.3 Å². The molecule has 4 N–H and O–H groups in total. The lowest BCUT2D eigenvalue weighted by Gasteiger charge is -2.20. The maximum Gasteiger partial charge on any atom is 0.326 e. The van der Waals surface area contributed by atoms with E-state index in [0.29, 0.717) is 12.1 Å². The monoisotopic (exact) mass is 331 g/mol. The maximum absolute atomic E-state index is 12.1. The number of hydrogen-bond donors (Lipinski definition) is 4. The standard InChI is InChI=1S/C17H21N3O4/c1-3-10(2)15(17(23)24)20-14(21)9-18-16(22)13-8-11-6-4-5-7-12(11)19-13/h4-8,10,15,19H,3,9H2,1-2H3,(H,18,22)(H,20,21)(H,23,24)/t10-,15-/m0/s1. The molecule has 7 nitrogen and oxygen atoms in total. The molecule has 0 aliphatic carbocycles. The zero-order chi connectivity index (χ0) is 17.7. The van der Waals surface area contributed by atoms with Gasteiger partial charge >= 0.3 is 5.97 Å². The fourth-order valence-corrected chi connectivity index (χ4v) is 2.36. The Kier molecular flexibility index (Phi) is 5.57. The molecule has 0 bridgehead atoms. The van der Waals surface area contributed by atoms with Gasteiger partial charge in [0.05, 0.1) is 6.54 Å². The van der Waals surface area contributed by atoms with Gasteiger partial charge in [0.25, 0.3) is 5.91 Å². The van der Waals surface area contributed by atoms with Gasteiger partial charge in [0.1, 0.15) is 11.7 Å². The molecular formula is C17H21N3O4. The molecular weight excluding hydrogens is 310 g/mol. The predicted octanol–water partition coefficient (Wildman–Crippen LogP) is 1.51. The molecule has 0 saturated carbocycles. The number of nitrogens with one attached hydrogen (secondary N) is 3. The molecule has 0 radical (unpaired) electrons. The molecule has 0 saturated heterocycles. The lowest BCUT2D eigenvalue weighted by Crippen LogP contribution is -2.48. The van der Waals surface area contributed by atoms with E-state index in [1.807, 2.05) is 31.2 Å². The smallest absolute Gasteiger partial charge is 0.326 e. The molecule has 0 spiro atoms. The summed E-state index contributed by atoms with van der Waals surface area (Å²) < 4.78 is 0. The summed E-state index contributed by atoms with van der Waals surface area (Å²) in [6.07, 6.45) is 0.624. The molecule has 0 unspecified atom stereocenters. The molecule has 2 amide bonds. The van der Waals surface area contributed by atoms with Crippen molar-refractivity contribution in [2.24, 2.45) is 5.92 Å². The molecule has 2 aromatic rings. The molecule has 0 aliphatic heterocycles. The third-order valence-corrected chi connectivity index (χ3v) is 3.98. The Morgan fingerprint density at radius 1 is 1.25 bits per heavy atom. The Hall–Kier alpha value is -2.83. The molecule has 0 aliphatic rings. The van der Waals surface area contributed by atoms with Gasteiger partial charge in [-0.1, -0.05) is 38.5 Å². The summed E-state index contributed by atoms with van der Waals surface area (Å²) in [4.78, 5) is 38.1. The van der Waals surface area contributed by atoms with E-state index in [4.69, 9.17) is 5.11 Å². The second-order valence-corrected chi connectivity index (χ2v) is 5.72. The highest BCUT2D eigenvalue weighted by Gasteiger charge is 2.25. The Morgan fingerprint density at radius 2 is 1.96 bits per heavy atom. The van der Waals surface area contributed by atoms with Gasteiger partial charge < -0.3 is 20.7 Å². The highest BCUT2D eigenvalue weighted by atomic mass is 16.4. The van der Waals surface area contributed by atoms with E-state index in [9.17, 15) is 14.4 Å². The van der Waals surface area contributed by atoms with Crippen LogP contribution < -0.4 is 10.6 Å². The topological polar surface area (TPSA) is 111 Å². The Morgan fingerprint density at radius 3 is 2.58 bits per heavy atom. The van der Waals surface area contributed by atoms with Crippen molar-refractivity contribution in [3.63, 3.8) is 0 Å². The van der Waals surface area contributed by atoms with Crippen LogP contribution >= 0.6 is 0 Å². The van der Waals surface area contributed by atoms with Gasteiger partial charge in [0.15, 0.2) is 0 Å². The maximum atomic E-state index is 12.1. The third-order valence-electron chi connectivity index (χ3n) is 3.98. The summed E-state index contributed by atoms with van der Waals surface area (Å²) in [7, 11) is 0. The minimum atomic E-state index is -1.08. The fourth-order valence-electron chi connectivity index (χ4n) is 2.36. The van der Waals surface area contributed by atoms with Crippen molar-refractivity contribution in [1.82, 2.24) is 15.6 Å². The van der Waals surface area contributed by atoms with Gasteiger partial charge in [-0.2, -0.15) is 0 Å². The Balaban J connectivity index is 1.93. The minimum absolute atomic E-state index is 0.198. The summed E-state index contributed by atoms with van der Waals surface area (Å²) in [5.41, 5.74) is 1.18. The van der Waals surface area contributed by atoms with E-state index < -0.39 is 23.8 Å². The minimum Gasteiger partial charge on any atom is -0.480 e. The summed E-state index contributed by atoms with van der Waals surface area (Å²) in [6, 6.07) is 8.18. The highest BCUT2D eigenvalue weighted by Crippen LogP contribution is 2.14. The number of benzene rings is 1. The van der Waals surface area contributed by atoms with Crippen molar-refractivity contribution >= 4 is 28.7 Å². The van der Waals surface area contributed by atoms with Crippen molar-refractivity contribution in [2.75, 3.05) is 6.54 Å². The number of fused-ring (bicyclic) bond motifs is 1. The number of carboxylic acid groups (broad SMARTS) is 1. The number of carbonyl (C=O) groups is 3. The SMILES string of the molecule is CC[C@H](C)[C@H](NC(=O)CNC(=O)c1cc2ccccc2[nH]1)C(=O)O. The molecule has 1 aromatic heterocycles. The van der Waals surface area contributed by atoms with Crippen LogP contribution in [0.2, 0.25) is 0 Å². The number of para-hydroxylation sites is 1. The van der Waals surface area contributed by atoms with Crippen LogP contribution in [0.4, 0.5) is 0 Å². The first-order valence-electron chi connectivity index (χ1n) is 7.80. The van der Waals surface area contributed by atoms with Gasteiger partial charge in [0.2, 0.25) is 5.91 Å². The first kappa shape index (κ1) is 17.5. The second-order valence-electron chi connectivity index (χ2n) is 5.72. The highest BCUT2D eigenvalue weighted by molar-refractivity contribution is 5.99. The van der Waals surface area contributed by atoms with Gasteiger partial charge in [-0.25, -0.2) is 4.79 Å². The number of amides is 2. The van der Waals surface area contributed by atoms with Gasteiger partial charge in [0, 0.05) is 10.9 Å². The normalized spacial score (nSPS) is 13.2. The number of carbonyl (C=O) groups excluding carboxylic acids is 2. The van der Waals surface area contributed by atoms with Crippen molar-refractivity contribution in [3.8, 4) is 0 Å². The number of aliphatic carboxylic acids is 1. The molecule has 0 fully saturated rings. The van der Waals surface area contributed by atoms with E-state index >= 15 is 0 Å². The van der Waals surface area contributed by atoms with Gasteiger partial charge in [-0.05, 0) is 18.1 Å². The predicted molar refractivity (Wildman–Crippen MR) is 89.7 cm³/mol. The molecule has 1 aromatic carbocycles. The lowest BCUT2D eigenvalue weighted by atomic mass is 9.99. The van der Waals surface area contributed by atoms with E-state index in [-0.39, 0.29) is 12.5 Å². The van der Waals surface area contributed by atoms with Crippen molar-refractivity contribution in [1.29, 1.82) is 0 Å². The van der Waals surface area contributed by atoms with Crippen LogP contribution in [-0.4, -0.2) is 40.5 Å². The summed E-state index contributed by atoms with van der Waals surface area (Å²) >= 11 is 0. The molecule has 2 rings (SSSR count). The number of hydrogen-bond acceptors (Lipinski definition) is 3. The Bertz CT molecular complexity index is 720. The van der Waals surface area contributed by atoms with Gasteiger partial charge in [-0.3, -0.25) is 9.59 Å². The number of H-pyrrole nitrogens is 1. The van der Waals surface area contributed by atoms with Gasteiger partial charge in [-0.15, -0.1) is 0 Å². The van der Waals surface area contributed by atoms with Crippen LogP contribution in [-0.2, 0) is 9.59 Å². The molecule has 24 heavy (non-hydrogen) atoms. The summed E-state index contributed by atoms with van der Waals surface area (Å²) in [5, 5.41) is 15.0. The van der Waals surface area contributed by atoms with Crippen LogP contribution in [0.5, 0.6) is 0 Å².